The Labute approximate surface area is 120 Å². The largest absolute Gasteiger partial charge is 0.494 e. The molecule has 3 aromatic rings. The number of hydrogen-bond acceptors (Lipinski definition) is 3. The highest BCUT2D eigenvalue weighted by Crippen LogP contribution is 2.21. The van der Waals surface area contributed by atoms with Crippen molar-refractivity contribution in [1.82, 2.24) is 9.55 Å². The number of carbonyl (C=O) groups is 1. The van der Waals surface area contributed by atoms with E-state index in [1.807, 2.05) is 24.3 Å². The zero-order valence-electron chi connectivity index (χ0n) is 11.4. The van der Waals surface area contributed by atoms with Gasteiger partial charge in [-0.05, 0) is 24.3 Å². The Hall–Kier alpha value is -2.69. The van der Waals surface area contributed by atoms with Crippen LogP contribution in [0.4, 0.5) is 4.39 Å². The standard InChI is InChI=1S/C16H13FN2O2/c1-21-15-8-4-5-11(16(15)17)14(20)9-19-10-18-12-6-2-3-7-13(12)19/h2-8,10H,9H2,1H3. The number of halogens is 1. The molecule has 0 aliphatic heterocycles. The van der Waals surface area contributed by atoms with Crippen molar-refractivity contribution in [2.45, 2.75) is 6.54 Å². The number of ether oxygens (including phenoxy) is 1. The summed E-state index contributed by atoms with van der Waals surface area (Å²) in [5.74, 6) is -0.889. The molecule has 0 N–H and O–H groups in total. The molecule has 0 spiro atoms. The summed E-state index contributed by atoms with van der Waals surface area (Å²) >= 11 is 0. The van der Waals surface area contributed by atoms with Gasteiger partial charge in [0, 0.05) is 0 Å². The van der Waals surface area contributed by atoms with Crippen LogP contribution in [-0.2, 0) is 6.54 Å². The number of para-hydroxylation sites is 2. The van der Waals surface area contributed by atoms with Crippen molar-refractivity contribution in [3.63, 3.8) is 0 Å². The molecule has 4 nitrogen and oxygen atoms in total. The zero-order valence-corrected chi connectivity index (χ0v) is 11.4. The molecule has 0 fully saturated rings. The van der Waals surface area contributed by atoms with Crippen molar-refractivity contribution >= 4 is 16.8 Å². The molecule has 106 valence electrons. The van der Waals surface area contributed by atoms with Crippen molar-refractivity contribution < 1.29 is 13.9 Å². The fourth-order valence-corrected chi connectivity index (χ4v) is 2.26. The van der Waals surface area contributed by atoms with Crippen molar-refractivity contribution in [3.05, 3.63) is 60.2 Å². The Morgan fingerprint density at radius 3 is 2.86 bits per heavy atom. The molecule has 0 radical (unpaired) electrons. The first kappa shape index (κ1) is 13.3. The lowest BCUT2D eigenvalue weighted by Gasteiger charge is -2.07. The predicted molar refractivity (Wildman–Crippen MR) is 77.0 cm³/mol. The van der Waals surface area contributed by atoms with E-state index in [4.69, 9.17) is 4.74 Å². The van der Waals surface area contributed by atoms with Gasteiger partial charge in [0.1, 0.15) is 0 Å². The third-order valence-electron chi connectivity index (χ3n) is 3.32. The van der Waals surface area contributed by atoms with E-state index in [2.05, 4.69) is 4.98 Å². The summed E-state index contributed by atoms with van der Waals surface area (Å²) in [5.41, 5.74) is 1.66. The van der Waals surface area contributed by atoms with Crippen LogP contribution in [0.5, 0.6) is 5.75 Å². The van der Waals surface area contributed by atoms with Gasteiger partial charge in [0.15, 0.2) is 17.3 Å². The number of benzene rings is 2. The summed E-state index contributed by atoms with van der Waals surface area (Å²) in [6.07, 6.45) is 1.58. The number of rotatable bonds is 4. The van der Waals surface area contributed by atoms with Gasteiger partial charge in [0.2, 0.25) is 0 Å². The molecule has 0 amide bonds. The molecule has 0 aliphatic carbocycles. The minimum Gasteiger partial charge on any atom is -0.494 e. The van der Waals surface area contributed by atoms with E-state index in [-0.39, 0.29) is 23.6 Å². The second kappa shape index (κ2) is 5.36. The molecular formula is C16H13FN2O2. The Balaban J connectivity index is 1.93. The number of nitrogens with zero attached hydrogens (tertiary/aromatic N) is 2. The second-order valence-corrected chi connectivity index (χ2v) is 4.61. The molecule has 21 heavy (non-hydrogen) atoms. The molecule has 1 heterocycles. The lowest BCUT2D eigenvalue weighted by Crippen LogP contribution is -2.11. The van der Waals surface area contributed by atoms with Crippen LogP contribution in [0.25, 0.3) is 11.0 Å². The molecule has 5 heteroatoms. The number of carbonyl (C=O) groups excluding carboxylic acids is 1. The third-order valence-corrected chi connectivity index (χ3v) is 3.32. The summed E-state index contributed by atoms with van der Waals surface area (Å²) in [6, 6.07) is 12.0. The maximum atomic E-state index is 14.1. The smallest absolute Gasteiger partial charge is 0.185 e. The Morgan fingerprint density at radius 2 is 2.05 bits per heavy atom. The summed E-state index contributed by atoms with van der Waals surface area (Å²) < 4.78 is 20.7. The van der Waals surface area contributed by atoms with Gasteiger partial charge in [-0.3, -0.25) is 4.79 Å². The number of hydrogen-bond donors (Lipinski definition) is 0. The predicted octanol–water partition coefficient (Wildman–Crippen LogP) is 3.07. The van der Waals surface area contributed by atoms with E-state index in [1.54, 1.807) is 17.0 Å². The molecule has 0 saturated carbocycles. The molecule has 0 aliphatic rings. The van der Waals surface area contributed by atoms with E-state index in [0.717, 1.165) is 11.0 Å². The van der Waals surface area contributed by atoms with Crippen LogP contribution in [0, 0.1) is 5.82 Å². The van der Waals surface area contributed by atoms with Gasteiger partial charge in [0.25, 0.3) is 0 Å². The van der Waals surface area contributed by atoms with Crippen molar-refractivity contribution in [2.24, 2.45) is 0 Å². The molecule has 0 bridgehead atoms. The molecule has 0 atom stereocenters. The maximum Gasteiger partial charge on any atom is 0.185 e. The first-order chi connectivity index (χ1) is 10.2. The highest BCUT2D eigenvalue weighted by Gasteiger charge is 2.16. The number of aromatic nitrogens is 2. The Bertz CT molecular complexity index is 811. The average molecular weight is 284 g/mol. The van der Waals surface area contributed by atoms with E-state index >= 15 is 0 Å². The number of methoxy groups -OCH3 is 1. The SMILES string of the molecule is COc1cccc(C(=O)Cn2cnc3ccccc32)c1F. The molecule has 1 aromatic heterocycles. The topological polar surface area (TPSA) is 44.1 Å². The number of fused-ring (bicyclic) bond motifs is 1. The summed E-state index contributed by atoms with van der Waals surface area (Å²) in [5, 5.41) is 0. The lowest BCUT2D eigenvalue weighted by molar-refractivity contribution is 0.0968. The monoisotopic (exact) mass is 284 g/mol. The van der Waals surface area contributed by atoms with E-state index < -0.39 is 5.82 Å². The van der Waals surface area contributed by atoms with Crippen LogP contribution in [0.2, 0.25) is 0 Å². The third kappa shape index (κ3) is 2.38. The number of ketones is 1. The normalized spacial score (nSPS) is 10.8. The van der Waals surface area contributed by atoms with Crippen LogP contribution in [-0.4, -0.2) is 22.4 Å². The summed E-state index contributed by atoms with van der Waals surface area (Å²) in [7, 11) is 1.37. The quantitative estimate of drug-likeness (QED) is 0.692. The van der Waals surface area contributed by atoms with Gasteiger partial charge < -0.3 is 9.30 Å². The first-order valence-electron chi connectivity index (χ1n) is 6.46. The fraction of sp³-hybridized carbons (Fsp3) is 0.125. The van der Waals surface area contributed by atoms with Crippen molar-refractivity contribution in [1.29, 1.82) is 0 Å². The van der Waals surface area contributed by atoms with Crippen LogP contribution in [0.1, 0.15) is 10.4 Å². The van der Waals surface area contributed by atoms with Crippen LogP contribution < -0.4 is 4.74 Å². The Kier molecular flexibility index (Phi) is 3.39. The zero-order chi connectivity index (χ0) is 14.8. The molecular weight excluding hydrogens is 271 g/mol. The van der Waals surface area contributed by atoms with E-state index in [1.165, 1.54) is 19.2 Å². The van der Waals surface area contributed by atoms with E-state index in [9.17, 15) is 9.18 Å². The highest BCUT2D eigenvalue weighted by molar-refractivity contribution is 5.97. The van der Waals surface area contributed by atoms with Gasteiger partial charge >= 0.3 is 0 Å². The lowest BCUT2D eigenvalue weighted by atomic mass is 10.1. The minimum absolute atomic E-state index is 0.0205. The van der Waals surface area contributed by atoms with Gasteiger partial charge in [-0.1, -0.05) is 18.2 Å². The van der Waals surface area contributed by atoms with E-state index in [0.29, 0.717) is 0 Å². The summed E-state index contributed by atoms with van der Waals surface area (Å²) in [6.45, 7) is 0.0323. The van der Waals surface area contributed by atoms with Gasteiger partial charge in [-0.2, -0.15) is 0 Å². The van der Waals surface area contributed by atoms with Crippen LogP contribution >= 0.6 is 0 Å². The van der Waals surface area contributed by atoms with Crippen LogP contribution in [0.15, 0.2) is 48.8 Å². The fourth-order valence-electron chi connectivity index (χ4n) is 2.26. The molecule has 0 unspecified atom stereocenters. The van der Waals surface area contributed by atoms with Gasteiger partial charge in [-0.15, -0.1) is 0 Å². The van der Waals surface area contributed by atoms with Gasteiger partial charge in [-0.25, -0.2) is 9.37 Å². The Morgan fingerprint density at radius 1 is 1.24 bits per heavy atom. The number of imidazole rings is 1. The second-order valence-electron chi connectivity index (χ2n) is 4.61. The maximum absolute atomic E-state index is 14.1. The number of Topliss-reactive ketones (excluding diaryl/α,β-unsaturated/α-hetero) is 1. The summed E-state index contributed by atoms with van der Waals surface area (Å²) in [4.78, 5) is 16.5. The van der Waals surface area contributed by atoms with Crippen LogP contribution in [0.3, 0.4) is 0 Å². The molecule has 2 aromatic carbocycles. The highest BCUT2D eigenvalue weighted by atomic mass is 19.1. The van der Waals surface area contributed by atoms with Crippen molar-refractivity contribution in [2.75, 3.05) is 7.11 Å². The van der Waals surface area contributed by atoms with Crippen molar-refractivity contribution in [3.8, 4) is 5.75 Å². The first-order valence-corrected chi connectivity index (χ1v) is 6.46. The molecule has 0 saturated heterocycles. The minimum atomic E-state index is -0.630. The molecule has 3 rings (SSSR count). The average Bonchev–Trinajstić information content (AvgIpc) is 2.91. The van der Waals surface area contributed by atoms with Gasteiger partial charge in [0.05, 0.1) is 36.6 Å².